The van der Waals surface area contributed by atoms with Crippen molar-refractivity contribution >= 4 is 50.8 Å². The summed E-state index contributed by atoms with van der Waals surface area (Å²) in [6, 6.07) is 20.4. The highest BCUT2D eigenvalue weighted by Gasteiger charge is 2.43. The van der Waals surface area contributed by atoms with Crippen LogP contribution in [-0.2, 0) is 24.2 Å². The molecule has 1 heterocycles. The van der Waals surface area contributed by atoms with Gasteiger partial charge in [-0.1, -0.05) is 48.5 Å². The lowest BCUT2D eigenvalue weighted by atomic mass is 9.81. The molecule has 2 amide bonds. The van der Waals surface area contributed by atoms with Crippen LogP contribution in [0.3, 0.4) is 0 Å². The molecule has 3 aromatic carbocycles. The van der Waals surface area contributed by atoms with E-state index >= 15 is 0 Å². The number of aliphatic carboxylic acids is 1. The topological polar surface area (TPSA) is 149 Å². The molecule has 1 atom stereocenters. The molecule has 12 nitrogen and oxygen atoms in total. The summed E-state index contributed by atoms with van der Waals surface area (Å²) in [7, 11) is 4.10. The van der Waals surface area contributed by atoms with E-state index in [0.29, 0.717) is 35.5 Å². The molecule has 0 spiro atoms. The van der Waals surface area contributed by atoms with Gasteiger partial charge in [0.2, 0.25) is 5.91 Å². The number of nitrogens with one attached hydrogen (secondary N) is 2. The first-order chi connectivity index (χ1) is 23.7. The predicted molar refractivity (Wildman–Crippen MR) is 196 cm³/mol. The molecule has 3 aromatic rings. The van der Waals surface area contributed by atoms with Crippen LogP contribution >= 0.6 is 11.8 Å². The smallest absolute Gasteiger partial charge is 0.322 e. The molecule has 0 radical (unpaired) electrons. The minimum absolute atomic E-state index is 0.0548. The van der Waals surface area contributed by atoms with Crippen LogP contribution in [0.5, 0.6) is 5.75 Å². The van der Waals surface area contributed by atoms with Gasteiger partial charge in [-0.25, -0.2) is 8.42 Å². The van der Waals surface area contributed by atoms with Crippen molar-refractivity contribution in [3.05, 3.63) is 78.4 Å². The zero-order chi connectivity index (χ0) is 36.5. The Hall–Kier alpha value is -4.11. The third-order valence-electron chi connectivity index (χ3n) is 8.58. The average Bonchev–Trinajstić information content (AvgIpc) is 3.18. The van der Waals surface area contributed by atoms with Crippen molar-refractivity contribution in [2.45, 2.75) is 28.7 Å². The number of thioether (sulfide) groups is 1. The lowest BCUT2D eigenvalue weighted by Crippen LogP contribution is -2.43. The van der Waals surface area contributed by atoms with Gasteiger partial charge in [0, 0.05) is 23.7 Å². The van der Waals surface area contributed by atoms with E-state index < -0.39 is 52.2 Å². The maximum Gasteiger partial charge on any atom is 0.322 e. The Morgan fingerprint density at radius 3 is 2.12 bits per heavy atom. The van der Waals surface area contributed by atoms with E-state index in [0.717, 1.165) is 18.8 Å². The molecule has 0 bridgehead atoms. The number of nitrogens with zero attached hydrogens (tertiary/aromatic N) is 3. The van der Waals surface area contributed by atoms with E-state index in [-0.39, 0.29) is 16.4 Å². The Labute approximate surface area is 299 Å². The Morgan fingerprint density at radius 1 is 0.960 bits per heavy atom. The normalized spacial score (nSPS) is 15.5. The van der Waals surface area contributed by atoms with Crippen molar-refractivity contribution in [3.63, 3.8) is 0 Å². The minimum atomic E-state index is -3.86. The number of carbonyl (C=O) groups is 3. The fourth-order valence-corrected chi connectivity index (χ4v) is 8.62. The first kappa shape index (κ1) is 38.7. The largest absolute Gasteiger partial charge is 0.483 e. The second-order valence-electron chi connectivity index (χ2n) is 13.1. The van der Waals surface area contributed by atoms with Gasteiger partial charge in [-0.3, -0.25) is 14.4 Å². The van der Waals surface area contributed by atoms with Crippen molar-refractivity contribution < 1.29 is 32.6 Å². The Morgan fingerprint density at radius 2 is 1.56 bits per heavy atom. The molecule has 0 aliphatic carbocycles. The number of para-hydroxylation sites is 1. The number of hydrogen-bond acceptors (Lipinski definition) is 10. The van der Waals surface area contributed by atoms with Gasteiger partial charge in [0.05, 0.1) is 21.2 Å². The highest BCUT2D eigenvalue weighted by atomic mass is 32.2. The van der Waals surface area contributed by atoms with Crippen LogP contribution in [0.1, 0.15) is 24.4 Å². The fraction of sp³-hybridized carbons (Fsp3) is 0.417. The fourth-order valence-electron chi connectivity index (χ4n) is 5.95. The molecule has 0 fully saturated rings. The van der Waals surface area contributed by atoms with Crippen molar-refractivity contribution in [3.8, 4) is 5.75 Å². The monoisotopic (exact) mass is 725 g/mol. The number of benzene rings is 3. The molecule has 1 aliphatic rings. The number of hydrogen-bond donors (Lipinski definition) is 3. The van der Waals surface area contributed by atoms with E-state index in [9.17, 15) is 22.8 Å². The number of anilines is 2. The van der Waals surface area contributed by atoms with Gasteiger partial charge in [-0.2, -0.15) is 0 Å². The van der Waals surface area contributed by atoms with Gasteiger partial charge < -0.3 is 35.2 Å². The molecule has 0 saturated heterocycles. The lowest BCUT2D eigenvalue weighted by molar-refractivity contribution is -0.138. The summed E-state index contributed by atoms with van der Waals surface area (Å²) in [4.78, 5) is 44.2. The zero-order valence-corrected chi connectivity index (χ0v) is 30.9. The first-order valence-electron chi connectivity index (χ1n) is 16.3. The Kier molecular flexibility index (Phi) is 13.3. The standard InChI is InChI=1S/C36H47N5O7S2/c1-39(2)18-16-36(17-19-40(3)4)24-41(27-14-10-7-11-15-27)28-20-30(49-5)29(21-31(28)50(46,47)25-36)48-23-32(42)38-34(26-12-8-6-9-13-26)35(45)37-22-33(43)44/h6-15,20-21,34H,16-19,22-25H2,1-5H3,(H,37,45)(H,38,42)(H,43,44). The summed E-state index contributed by atoms with van der Waals surface area (Å²) in [6.07, 6.45) is 3.20. The van der Waals surface area contributed by atoms with Crippen LogP contribution in [-0.4, -0.2) is 114 Å². The molecule has 3 N–H and O–H groups in total. The quantitative estimate of drug-likeness (QED) is 0.186. The van der Waals surface area contributed by atoms with Gasteiger partial charge >= 0.3 is 5.97 Å². The summed E-state index contributed by atoms with van der Waals surface area (Å²) in [6.45, 7) is 0.812. The SMILES string of the molecule is CSc1cc2c(cc1OCC(=O)NC(C(=O)NCC(=O)O)c1ccccc1)S(=O)(=O)CC(CCN(C)C)(CCN(C)C)CN2c1ccccc1. The average molecular weight is 726 g/mol. The van der Waals surface area contributed by atoms with Crippen LogP contribution < -0.4 is 20.3 Å². The van der Waals surface area contributed by atoms with Gasteiger partial charge in [-0.15, -0.1) is 11.8 Å². The molecule has 1 aliphatic heterocycles. The molecule has 1 unspecified atom stereocenters. The molecular formula is C36H47N5O7S2. The number of sulfone groups is 1. The van der Waals surface area contributed by atoms with Crippen molar-refractivity contribution in [2.75, 3.05) is 77.9 Å². The van der Waals surface area contributed by atoms with E-state index in [1.54, 1.807) is 30.3 Å². The number of carboxylic acids is 1. The van der Waals surface area contributed by atoms with Crippen LogP contribution in [0.4, 0.5) is 11.4 Å². The molecule has 14 heteroatoms. The maximum absolute atomic E-state index is 14.5. The van der Waals surface area contributed by atoms with E-state index in [4.69, 9.17) is 9.84 Å². The van der Waals surface area contributed by atoms with Crippen molar-refractivity contribution in [2.24, 2.45) is 5.41 Å². The van der Waals surface area contributed by atoms with E-state index in [1.807, 2.05) is 70.8 Å². The van der Waals surface area contributed by atoms with Crippen LogP contribution in [0.15, 0.2) is 82.6 Å². The van der Waals surface area contributed by atoms with Gasteiger partial charge in [0.15, 0.2) is 16.4 Å². The summed E-state index contributed by atoms with van der Waals surface area (Å²) in [5.41, 5.74) is 1.31. The number of carboxylic acid groups (broad SMARTS) is 1. The number of rotatable bonds is 16. The second-order valence-corrected chi connectivity index (χ2v) is 15.9. The Balaban J connectivity index is 1.70. The number of carbonyl (C=O) groups excluding carboxylic acids is 2. The highest BCUT2D eigenvalue weighted by Crippen LogP contribution is 2.47. The van der Waals surface area contributed by atoms with E-state index in [2.05, 4.69) is 25.3 Å². The van der Waals surface area contributed by atoms with Gasteiger partial charge in [0.25, 0.3) is 5.91 Å². The van der Waals surface area contributed by atoms with Crippen LogP contribution in [0, 0.1) is 5.41 Å². The van der Waals surface area contributed by atoms with Crippen molar-refractivity contribution in [1.29, 1.82) is 0 Å². The predicted octanol–water partition coefficient (Wildman–Crippen LogP) is 3.66. The van der Waals surface area contributed by atoms with Gasteiger partial charge in [0.1, 0.15) is 18.3 Å². The van der Waals surface area contributed by atoms with E-state index in [1.165, 1.54) is 17.8 Å². The number of ether oxygens (including phenoxy) is 1. The maximum atomic E-state index is 14.5. The lowest BCUT2D eigenvalue weighted by Gasteiger charge is -2.38. The molecule has 50 heavy (non-hydrogen) atoms. The summed E-state index contributed by atoms with van der Waals surface area (Å²) in [5, 5.41) is 14.0. The highest BCUT2D eigenvalue weighted by molar-refractivity contribution is 7.98. The molecule has 270 valence electrons. The molecule has 0 saturated carbocycles. The number of amides is 2. The van der Waals surface area contributed by atoms with Crippen LogP contribution in [0.25, 0.3) is 0 Å². The third kappa shape index (κ3) is 10.2. The van der Waals surface area contributed by atoms with Crippen LogP contribution in [0.2, 0.25) is 0 Å². The summed E-state index contributed by atoms with van der Waals surface area (Å²) >= 11 is 1.37. The Bertz CT molecular complexity index is 1730. The second kappa shape index (κ2) is 17.2. The summed E-state index contributed by atoms with van der Waals surface area (Å²) in [5.74, 6) is -2.39. The zero-order valence-electron chi connectivity index (χ0n) is 29.2. The molecule has 4 rings (SSSR count). The first-order valence-corrected chi connectivity index (χ1v) is 19.1. The third-order valence-corrected chi connectivity index (χ3v) is 11.3. The van der Waals surface area contributed by atoms with Gasteiger partial charge in [-0.05, 0) is 84.1 Å². The number of fused-ring (bicyclic) bond motifs is 1. The summed E-state index contributed by atoms with van der Waals surface area (Å²) < 4.78 is 34.9. The minimum Gasteiger partial charge on any atom is -0.483 e. The van der Waals surface area contributed by atoms with Crippen molar-refractivity contribution in [1.82, 2.24) is 20.4 Å². The molecule has 0 aromatic heterocycles. The molecular weight excluding hydrogens is 679 g/mol.